The zero-order valence-electron chi connectivity index (χ0n) is 34.1. The quantitative estimate of drug-likeness (QED) is 0.174. The van der Waals surface area contributed by atoms with E-state index >= 15 is 0 Å². The van der Waals surface area contributed by atoms with Gasteiger partial charge in [0.05, 0.1) is 10.4 Å². The molecular weight excluding hydrogens is 721 g/mol. The van der Waals surface area contributed by atoms with Gasteiger partial charge in [-0.05, 0) is 88.5 Å². The Kier molecular flexibility index (Phi) is 8.91. The van der Waals surface area contributed by atoms with Crippen molar-refractivity contribution in [2.75, 3.05) is 10.2 Å². The molecule has 2 atom stereocenters. The van der Waals surface area contributed by atoms with E-state index in [1.807, 2.05) is 11.3 Å². The number of allylic oxidation sites excluding steroid dienone is 7. The van der Waals surface area contributed by atoms with Gasteiger partial charge >= 0.3 is 0 Å². The fourth-order valence-electron chi connectivity index (χ4n) is 9.75. The van der Waals surface area contributed by atoms with E-state index in [-0.39, 0.29) is 22.7 Å². The van der Waals surface area contributed by atoms with Crippen molar-refractivity contribution in [2.45, 2.75) is 64.2 Å². The fourth-order valence-corrected chi connectivity index (χ4v) is 11.0. The van der Waals surface area contributed by atoms with Crippen molar-refractivity contribution in [2.24, 2.45) is 5.92 Å². The van der Waals surface area contributed by atoms with Crippen molar-refractivity contribution in [1.29, 1.82) is 0 Å². The summed E-state index contributed by atoms with van der Waals surface area (Å²) in [6.07, 6.45) is 14.4. The number of nitrogens with zero attached hydrogens (tertiary/aromatic N) is 1. The van der Waals surface area contributed by atoms with Crippen molar-refractivity contribution in [1.82, 2.24) is 0 Å². The largest absolute Gasteiger partial charge is 0.355 e. The summed E-state index contributed by atoms with van der Waals surface area (Å²) in [7, 11) is 0. The number of para-hydroxylation sites is 1. The van der Waals surface area contributed by atoms with E-state index in [0.717, 1.165) is 29.9 Å². The van der Waals surface area contributed by atoms with Crippen molar-refractivity contribution in [3.05, 3.63) is 203 Å². The molecule has 1 N–H and O–H groups in total. The third-order valence-electron chi connectivity index (χ3n) is 12.7. The van der Waals surface area contributed by atoms with Gasteiger partial charge in [-0.3, -0.25) is 0 Å². The Morgan fingerprint density at radius 3 is 2.29 bits per heavy atom. The highest BCUT2D eigenvalue weighted by Gasteiger charge is 2.47. The van der Waals surface area contributed by atoms with E-state index in [2.05, 4.69) is 215 Å². The molecule has 6 aromatic carbocycles. The molecule has 0 aliphatic heterocycles. The molecule has 7 aromatic rings. The van der Waals surface area contributed by atoms with Gasteiger partial charge in [-0.25, -0.2) is 0 Å². The van der Waals surface area contributed by atoms with Gasteiger partial charge < -0.3 is 10.2 Å². The predicted molar refractivity (Wildman–Crippen MR) is 250 cm³/mol. The Labute approximate surface area is 347 Å². The topological polar surface area (TPSA) is 15.3 Å². The molecule has 2 unspecified atom stereocenters. The number of hydrogen-bond donors (Lipinski definition) is 1. The van der Waals surface area contributed by atoms with Crippen molar-refractivity contribution in [3.63, 3.8) is 0 Å². The van der Waals surface area contributed by atoms with Crippen molar-refractivity contribution < 1.29 is 0 Å². The highest BCUT2D eigenvalue weighted by molar-refractivity contribution is 7.26. The average molecular weight is 771 g/mol. The third-order valence-corrected chi connectivity index (χ3v) is 14.0. The summed E-state index contributed by atoms with van der Waals surface area (Å²) in [4.78, 5) is 2.57. The van der Waals surface area contributed by atoms with Gasteiger partial charge in [-0.15, -0.1) is 11.3 Å². The van der Waals surface area contributed by atoms with Gasteiger partial charge in [-0.1, -0.05) is 168 Å². The Morgan fingerprint density at radius 2 is 1.47 bits per heavy atom. The lowest BCUT2D eigenvalue weighted by Crippen LogP contribution is -2.27. The molecule has 3 aliphatic carbocycles. The number of fused-ring (bicyclic) bond motifs is 6. The molecule has 0 spiro atoms. The third kappa shape index (κ3) is 6.15. The zero-order chi connectivity index (χ0) is 39.6. The maximum absolute atomic E-state index is 3.76. The molecule has 1 heterocycles. The monoisotopic (exact) mass is 770 g/mol. The summed E-state index contributed by atoms with van der Waals surface area (Å²) in [5, 5.41) is 6.39. The SMILES string of the molecule is CC(C)(C)c1ccc2c(c1)C(C)(C)C1=CC=CC(C3=CCCC=C3N(c3ccc(Nc4ccccc4-c4ccccc4)cc3)c3cccc4c3sc3ccccc34)C12. The lowest BCUT2D eigenvalue weighted by molar-refractivity contribution is 0.561. The van der Waals surface area contributed by atoms with Crippen LogP contribution < -0.4 is 10.2 Å². The molecule has 0 radical (unpaired) electrons. The van der Waals surface area contributed by atoms with Gasteiger partial charge in [0.25, 0.3) is 0 Å². The minimum atomic E-state index is -0.0479. The maximum atomic E-state index is 3.76. The van der Waals surface area contributed by atoms with Gasteiger partial charge in [0, 0.05) is 61.0 Å². The van der Waals surface area contributed by atoms with Crippen LogP contribution in [0.3, 0.4) is 0 Å². The number of rotatable bonds is 7. The summed E-state index contributed by atoms with van der Waals surface area (Å²) in [6.45, 7) is 11.9. The van der Waals surface area contributed by atoms with Crippen LogP contribution in [-0.4, -0.2) is 0 Å². The number of nitrogens with one attached hydrogen (secondary N) is 1. The molecular formula is C55H50N2S. The normalized spacial score (nSPS) is 18.3. The highest BCUT2D eigenvalue weighted by Crippen LogP contribution is 2.58. The molecule has 3 aliphatic rings. The number of benzene rings is 6. The average Bonchev–Trinajstić information content (AvgIpc) is 3.74. The standard InChI is InChI=1S/C55H50N2S/c1-54(2,3)37-29-34-45-47(35-37)55(4,5)46-24-15-22-43(52(45)46)41-20-10-13-26-49(41)57(50-27-16-23-44-42-21-11-14-28-51(42)58-53(44)50)39-32-30-38(31-33-39)56-48-25-12-9-19-40(48)36-17-7-6-8-18-36/h6-9,11-12,14-35,43,52,56H,10,13H2,1-5H3. The van der Waals surface area contributed by atoms with E-state index in [4.69, 9.17) is 0 Å². The molecule has 0 saturated carbocycles. The van der Waals surface area contributed by atoms with Crippen LogP contribution in [0.1, 0.15) is 70.1 Å². The number of thiophene rings is 1. The van der Waals surface area contributed by atoms with Crippen LogP contribution in [0.2, 0.25) is 0 Å². The molecule has 1 aromatic heterocycles. The fraction of sp³-hybridized carbons (Fsp3) is 0.200. The van der Waals surface area contributed by atoms with Gasteiger partial charge in [-0.2, -0.15) is 0 Å². The van der Waals surface area contributed by atoms with E-state index < -0.39 is 0 Å². The van der Waals surface area contributed by atoms with E-state index in [9.17, 15) is 0 Å². The van der Waals surface area contributed by atoms with E-state index in [1.165, 1.54) is 70.5 Å². The lowest BCUT2D eigenvalue weighted by Gasteiger charge is -2.38. The highest BCUT2D eigenvalue weighted by atomic mass is 32.1. The first-order valence-electron chi connectivity index (χ1n) is 20.8. The second-order valence-corrected chi connectivity index (χ2v) is 18.7. The van der Waals surface area contributed by atoms with Crippen LogP contribution in [0.5, 0.6) is 0 Å². The molecule has 10 rings (SSSR count). The Balaban J connectivity index is 1.09. The molecule has 286 valence electrons. The van der Waals surface area contributed by atoms with Crippen LogP contribution in [-0.2, 0) is 10.8 Å². The van der Waals surface area contributed by atoms with Crippen LogP contribution in [0.25, 0.3) is 31.3 Å². The number of hydrogen-bond acceptors (Lipinski definition) is 3. The summed E-state index contributed by atoms with van der Waals surface area (Å²) in [5.74, 6) is 0.502. The molecule has 2 nitrogen and oxygen atoms in total. The van der Waals surface area contributed by atoms with Crippen molar-refractivity contribution >= 4 is 54.3 Å². The first kappa shape index (κ1) is 36.4. The molecule has 3 heteroatoms. The Bertz CT molecular complexity index is 2820. The Hall–Kier alpha value is -5.90. The van der Waals surface area contributed by atoms with Gasteiger partial charge in [0.2, 0.25) is 0 Å². The minimum absolute atomic E-state index is 0.0479. The summed E-state index contributed by atoms with van der Waals surface area (Å²) in [5.41, 5.74) is 15.6. The maximum Gasteiger partial charge on any atom is 0.0640 e. The summed E-state index contributed by atoms with van der Waals surface area (Å²) >= 11 is 1.90. The second-order valence-electron chi connectivity index (χ2n) is 17.7. The van der Waals surface area contributed by atoms with Crippen LogP contribution in [0.4, 0.5) is 22.7 Å². The second kappa shape index (κ2) is 14.2. The first-order chi connectivity index (χ1) is 28.2. The van der Waals surface area contributed by atoms with Crippen LogP contribution in [0.15, 0.2) is 187 Å². The molecule has 0 saturated heterocycles. The van der Waals surface area contributed by atoms with E-state index in [0.29, 0.717) is 0 Å². The minimum Gasteiger partial charge on any atom is -0.355 e. The molecule has 0 bridgehead atoms. The first-order valence-corrected chi connectivity index (χ1v) is 21.6. The molecule has 0 fully saturated rings. The van der Waals surface area contributed by atoms with Gasteiger partial charge in [0.1, 0.15) is 0 Å². The molecule has 0 amide bonds. The smallest absolute Gasteiger partial charge is 0.0640 e. The predicted octanol–water partition coefficient (Wildman–Crippen LogP) is 15.7. The zero-order valence-corrected chi connectivity index (χ0v) is 34.9. The van der Waals surface area contributed by atoms with Gasteiger partial charge in [0.15, 0.2) is 0 Å². The Morgan fingerprint density at radius 1 is 0.724 bits per heavy atom. The van der Waals surface area contributed by atoms with Crippen LogP contribution >= 0.6 is 11.3 Å². The summed E-state index contributed by atoms with van der Waals surface area (Å²) in [6, 6.07) is 51.4. The molecule has 58 heavy (non-hydrogen) atoms. The van der Waals surface area contributed by atoms with Crippen LogP contribution in [0, 0.1) is 5.92 Å². The number of anilines is 4. The van der Waals surface area contributed by atoms with E-state index in [1.54, 1.807) is 0 Å². The van der Waals surface area contributed by atoms with Crippen molar-refractivity contribution in [3.8, 4) is 11.1 Å². The summed E-state index contributed by atoms with van der Waals surface area (Å²) < 4.78 is 2.63. The lowest BCUT2D eigenvalue weighted by atomic mass is 9.71.